The van der Waals surface area contributed by atoms with Gasteiger partial charge in [0.05, 0.1) is 24.7 Å². The van der Waals surface area contributed by atoms with Gasteiger partial charge in [0.2, 0.25) is 0 Å². The summed E-state index contributed by atoms with van der Waals surface area (Å²) in [5, 5.41) is 0. The summed E-state index contributed by atoms with van der Waals surface area (Å²) in [5.74, 6) is 0.710. The number of ether oxygens (including phenoxy) is 2. The molecule has 0 aromatic heterocycles. The molecule has 2 heterocycles. The first-order valence-electron chi connectivity index (χ1n) is 7.74. The Balaban J connectivity index is 1.71. The number of para-hydroxylation sites is 1. The molecule has 0 bridgehead atoms. The Labute approximate surface area is 138 Å². The zero-order chi connectivity index (χ0) is 15.9. The SMILES string of the molecule is Cc1ccccc1CN1CC2(COC2)Oc2ccccc2S1=O. The van der Waals surface area contributed by atoms with Crippen LogP contribution in [0.4, 0.5) is 0 Å². The fourth-order valence-corrected chi connectivity index (χ4v) is 4.40. The zero-order valence-electron chi connectivity index (χ0n) is 13.0. The summed E-state index contributed by atoms with van der Waals surface area (Å²) in [6.07, 6.45) is 0. The fraction of sp³-hybridized carbons (Fsp3) is 0.333. The largest absolute Gasteiger partial charge is 0.480 e. The summed E-state index contributed by atoms with van der Waals surface area (Å²) in [6.45, 7) is 4.41. The molecule has 2 aliphatic rings. The summed E-state index contributed by atoms with van der Waals surface area (Å²) >= 11 is 0. The van der Waals surface area contributed by atoms with Crippen LogP contribution in [0.25, 0.3) is 0 Å². The minimum Gasteiger partial charge on any atom is -0.480 e. The van der Waals surface area contributed by atoms with Crippen LogP contribution in [0, 0.1) is 6.92 Å². The molecule has 2 aliphatic heterocycles. The molecule has 0 N–H and O–H groups in total. The molecule has 4 rings (SSSR count). The molecule has 2 aromatic carbocycles. The van der Waals surface area contributed by atoms with Crippen LogP contribution in [0.3, 0.4) is 0 Å². The van der Waals surface area contributed by atoms with Gasteiger partial charge in [0.15, 0.2) is 5.60 Å². The van der Waals surface area contributed by atoms with Crippen molar-refractivity contribution in [3.63, 3.8) is 0 Å². The molecular weight excluding hydrogens is 310 g/mol. The van der Waals surface area contributed by atoms with Gasteiger partial charge in [0.25, 0.3) is 0 Å². The van der Waals surface area contributed by atoms with Crippen LogP contribution < -0.4 is 4.74 Å². The number of benzene rings is 2. The van der Waals surface area contributed by atoms with Gasteiger partial charge >= 0.3 is 0 Å². The van der Waals surface area contributed by atoms with Gasteiger partial charge in [0.1, 0.15) is 16.7 Å². The first-order chi connectivity index (χ1) is 11.2. The van der Waals surface area contributed by atoms with Crippen molar-refractivity contribution in [2.24, 2.45) is 0 Å². The van der Waals surface area contributed by atoms with Gasteiger partial charge in [-0.1, -0.05) is 36.4 Å². The van der Waals surface area contributed by atoms with Crippen LogP contribution in [0.15, 0.2) is 53.4 Å². The van der Waals surface area contributed by atoms with Crippen molar-refractivity contribution in [2.45, 2.75) is 24.0 Å². The van der Waals surface area contributed by atoms with E-state index in [4.69, 9.17) is 9.47 Å². The highest BCUT2D eigenvalue weighted by Gasteiger charge is 2.46. The molecule has 0 aliphatic carbocycles. The van der Waals surface area contributed by atoms with Gasteiger partial charge in [0, 0.05) is 6.54 Å². The van der Waals surface area contributed by atoms with E-state index in [0.717, 1.165) is 4.90 Å². The molecule has 1 spiro atoms. The van der Waals surface area contributed by atoms with Crippen molar-refractivity contribution >= 4 is 11.0 Å². The fourth-order valence-electron chi connectivity index (χ4n) is 3.04. The molecule has 120 valence electrons. The first-order valence-corrected chi connectivity index (χ1v) is 8.85. The lowest BCUT2D eigenvalue weighted by Gasteiger charge is -2.41. The van der Waals surface area contributed by atoms with Gasteiger partial charge in [-0.2, -0.15) is 0 Å². The molecule has 1 atom stereocenters. The molecule has 0 radical (unpaired) electrons. The predicted molar refractivity (Wildman–Crippen MR) is 88.6 cm³/mol. The van der Waals surface area contributed by atoms with Crippen LogP contribution in [0.1, 0.15) is 11.1 Å². The molecule has 1 saturated heterocycles. The Bertz CT molecular complexity index is 757. The Morgan fingerprint density at radius 2 is 1.87 bits per heavy atom. The van der Waals surface area contributed by atoms with E-state index in [1.165, 1.54) is 11.1 Å². The van der Waals surface area contributed by atoms with Gasteiger partial charge in [-0.05, 0) is 30.2 Å². The highest BCUT2D eigenvalue weighted by Crippen LogP contribution is 2.36. The van der Waals surface area contributed by atoms with Gasteiger partial charge in [-0.15, -0.1) is 0 Å². The van der Waals surface area contributed by atoms with E-state index in [1.807, 2.05) is 40.7 Å². The number of fused-ring (bicyclic) bond motifs is 1. The van der Waals surface area contributed by atoms with Crippen LogP contribution in [-0.4, -0.2) is 33.9 Å². The highest BCUT2D eigenvalue weighted by atomic mass is 32.2. The molecule has 5 heteroatoms. The Hall–Kier alpha value is -1.69. The average Bonchev–Trinajstić information content (AvgIpc) is 2.65. The van der Waals surface area contributed by atoms with Crippen molar-refractivity contribution in [2.75, 3.05) is 19.8 Å². The molecule has 23 heavy (non-hydrogen) atoms. The van der Waals surface area contributed by atoms with Gasteiger partial charge in [-0.25, -0.2) is 8.51 Å². The van der Waals surface area contributed by atoms with E-state index >= 15 is 0 Å². The Morgan fingerprint density at radius 1 is 1.13 bits per heavy atom. The Kier molecular flexibility index (Phi) is 3.71. The smallest absolute Gasteiger partial charge is 0.169 e. The summed E-state index contributed by atoms with van der Waals surface area (Å²) in [4.78, 5) is 0.741. The van der Waals surface area contributed by atoms with Crippen LogP contribution in [0.5, 0.6) is 5.75 Å². The third-order valence-corrected chi connectivity index (χ3v) is 5.84. The summed E-state index contributed by atoms with van der Waals surface area (Å²) in [5.41, 5.74) is 2.02. The second kappa shape index (κ2) is 5.74. The number of hydrogen-bond donors (Lipinski definition) is 0. The van der Waals surface area contributed by atoms with E-state index in [0.29, 0.717) is 32.1 Å². The third kappa shape index (κ3) is 2.69. The monoisotopic (exact) mass is 329 g/mol. The lowest BCUT2D eigenvalue weighted by Crippen LogP contribution is -2.60. The van der Waals surface area contributed by atoms with E-state index in [1.54, 1.807) is 0 Å². The molecule has 1 fully saturated rings. The molecule has 0 amide bonds. The summed E-state index contributed by atoms with van der Waals surface area (Å²) in [7, 11) is -1.24. The first kappa shape index (κ1) is 14.9. The summed E-state index contributed by atoms with van der Waals surface area (Å²) in [6, 6.07) is 15.8. The van der Waals surface area contributed by atoms with Crippen molar-refractivity contribution in [3.05, 3.63) is 59.7 Å². The van der Waals surface area contributed by atoms with Crippen molar-refractivity contribution in [3.8, 4) is 5.75 Å². The molecule has 0 saturated carbocycles. The number of nitrogens with zero attached hydrogens (tertiary/aromatic N) is 1. The molecule has 1 unspecified atom stereocenters. The van der Waals surface area contributed by atoms with Crippen LogP contribution in [0.2, 0.25) is 0 Å². The highest BCUT2D eigenvalue weighted by molar-refractivity contribution is 7.82. The van der Waals surface area contributed by atoms with Crippen molar-refractivity contribution in [1.82, 2.24) is 4.31 Å². The maximum atomic E-state index is 13.1. The lowest BCUT2D eigenvalue weighted by atomic mass is 10.0. The van der Waals surface area contributed by atoms with Crippen LogP contribution in [-0.2, 0) is 22.3 Å². The van der Waals surface area contributed by atoms with E-state index in [-0.39, 0.29) is 5.60 Å². The normalized spacial score (nSPS) is 22.7. The maximum Gasteiger partial charge on any atom is 0.169 e. The summed E-state index contributed by atoms with van der Waals surface area (Å²) < 4.78 is 26.7. The standard InChI is InChI=1S/C18H19NO3S/c1-14-6-2-3-7-15(14)10-19-11-18(12-21-13-18)22-16-8-4-5-9-17(16)23(19)20/h2-9H,10-13H2,1H3. The number of hydrogen-bond acceptors (Lipinski definition) is 3. The van der Waals surface area contributed by atoms with E-state index < -0.39 is 11.0 Å². The zero-order valence-corrected chi connectivity index (χ0v) is 13.8. The number of aryl methyl sites for hydroxylation is 1. The topological polar surface area (TPSA) is 38.8 Å². The third-order valence-electron chi connectivity index (χ3n) is 4.40. The molecular formula is C18H19NO3S. The van der Waals surface area contributed by atoms with E-state index in [9.17, 15) is 4.21 Å². The predicted octanol–water partition coefficient (Wildman–Crippen LogP) is 2.68. The van der Waals surface area contributed by atoms with Crippen molar-refractivity contribution < 1.29 is 13.7 Å². The molecule has 2 aromatic rings. The Morgan fingerprint density at radius 3 is 2.61 bits per heavy atom. The van der Waals surface area contributed by atoms with Crippen molar-refractivity contribution in [1.29, 1.82) is 0 Å². The van der Waals surface area contributed by atoms with Gasteiger partial charge in [-0.3, -0.25) is 0 Å². The van der Waals surface area contributed by atoms with Gasteiger partial charge < -0.3 is 9.47 Å². The maximum absolute atomic E-state index is 13.1. The quantitative estimate of drug-likeness (QED) is 0.850. The minimum atomic E-state index is -1.24. The lowest BCUT2D eigenvalue weighted by molar-refractivity contribution is -0.165. The van der Waals surface area contributed by atoms with E-state index in [2.05, 4.69) is 19.1 Å². The molecule has 4 nitrogen and oxygen atoms in total. The van der Waals surface area contributed by atoms with Crippen LogP contribution >= 0.6 is 0 Å². The number of rotatable bonds is 2. The second-order valence-corrected chi connectivity index (χ2v) is 7.65. The minimum absolute atomic E-state index is 0.384. The average molecular weight is 329 g/mol. The second-order valence-electron chi connectivity index (χ2n) is 6.20.